The molecule has 0 N–H and O–H groups in total. The predicted octanol–water partition coefficient (Wildman–Crippen LogP) is 2.41. The van der Waals surface area contributed by atoms with Gasteiger partial charge in [-0.05, 0) is 6.92 Å². The molecule has 0 aliphatic rings. The van der Waals surface area contributed by atoms with E-state index in [-0.39, 0.29) is 0 Å². The Hall–Kier alpha value is -0.900. The first kappa shape index (κ1) is 16.1. The van der Waals surface area contributed by atoms with E-state index < -0.39 is 5.41 Å². The first-order valence-corrected chi connectivity index (χ1v) is 5.60. The molecule has 0 saturated carbocycles. The van der Waals surface area contributed by atoms with Gasteiger partial charge in [-0.2, -0.15) is 0 Å². The second-order valence-electron chi connectivity index (χ2n) is 3.91. The highest BCUT2D eigenvalue weighted by molar-refractivity contribution is 4.83. The van der Waals surface area contributed by atoms with Crippen molar-refractivity contribution in [2.75, 3.05) is 39.6 Å². The van der Waals surface area contributed by atoms with E-state index in [0.29, 0.717) is 39.6 Å². The van der Waals surface area contributed by atoms with Gasteiger partial charge < -0.3 is 14.2 Å². The highest BCUT2D eigenvalue weighted by atomic mass is 16.5. The number of rotatable bonds is 12. The maximum Gasteiger partial charge on any atom is 0.0645 e. The van der Waals surface area contributed by atoms with Crippen molar-refractivity contribution >= 4 is 0 Å². The van der Waals surface area contributed by atoms with Gasteiger partial charge in [-0.15, -0.1) is 19.7 Å². The minimum atomic E-state index is -0.408. The van der Waals surface area contributed by atoms with E-state index in [2.05, 4.69) is 26.7 Å². The van der Waals surface area contributed by atoms with Crippen molar-refractivity contribution in [2.24, 2.45) is 5.41 Å². The highest BCUT2D eigenvalue weighted by Gasteiger charge is 2.25. The molecule has 17 heavy (non-hydrogen) atoms. The van der Waals surface area contributed by atoms with E-state index in [9.17, 15) is 0 Å². The molecule has 0 unspecified atom stereocenters. The Morgan fingerprint density at radius 3 is 1.24 bits per heavy atom. The van der Waals surface area contributed by atoms with Crippen molar-refractivity contribution in [3.63, 3.8) is 0 Å². The molecule has 0 amide bonds. The van der Waals surface area contributed by atoms with Crippen LogP contribution >= 0.6 is 0 Å². The first-order valence-electron chi connectivity index (χ1n) is 5.60. The molecule has 0 aromatic carbocycles. The summed E-state index contributed by atoms with van der Waals surface area (Å²) in [7, 11) is 0. The van der Waals surface area contributed by atoms with Gasteiger partial charge in [-0.3, -0.25) is 0 Å². The van der Waals surface area contributed by atoms with Crippen molar-refractivity contribution in [2.45, 2.75) is 0 Å². The monoisotopic (exact) mass is 239 g/mol. The Balaban J connectivity index is 4.07. The van der Waals surface area contributed by atoms with Crippen LogP contribution in [0.5, 0.6) is 0 Å². The first-order chi connectivity index (χ1) is 8.18. The molecule has 1 radical (unpaired) electrons. The fourth-order valence-electron chi connectivity index (χ4n) is 1.20. The molecular formula is C14H23O3. The molecule has 3 heteroatoms. The van der Waals surface area contributed by atoms with Crippen molar-refractivity contribution in [3.05, 3.63) is 44.9 Å². The predicted molar refractivity (Wildman–Crippen MR) is 70.8 cm³/mol. The van der Waals surface area contributed by atoms with Gasteiger partial charge in [-0.1, -0.05) is 18.2 Å². The molecule has 3 nitrogen and oxygen atoms in total. The maximum atomic E-state index is 5.42. The number of hydrogen-bond acceptors (Lipinski definition) is 3. The van der Waals surface area contributed by atoms with Crippen LogP contribution in [0.25, 0.3) is 0 Å². The molecule has 0 saturated heterocycles. The zero-order valence-electron chi connectivity index (χ0n) is 10.5. The molecule has 0 aromatic heterocycles. The lowest BCUT2D eigenvalue weighted by Gasteiger charge is -2.28. The van der Waals surface area contributed by atoms with Crippen molar-refractivity contribution in [1.29, 1.82) is 0 Å². The maximum absolute atomic E-state index is 5.42. The van der Waals surface area contributed by atoms with Crippen LogP contribution in [0.4, 0.5) is 0 Å². The fraction of sp³-hybridized carbons (Fsp3) is 0.500. The molecule has 0 rings (SSSR count). The second kappa shape index (κ2) is 10.3. The van der Waals surface area contributed by atoms with E-state index in [4.69, 9.17) is 14.2 Å². The minimum Gasteiger partial charge on any atom is -0.377 e. The fourth-order valence-corrected chi connectivity index (χ4v) is 1.20. The summed E-state index contributed by atoms with van der Waals surface area (Å²) < 4.78 is 16.3. The van der Waals surface area contributed by atoms with Gasteiger partial charge in [0.25, 0.3) is 0 Å². The average molecular weight is 239 g/mol. The minimum absolute atomic E-state index is 0.408. The van der Waals surface area contributed by atoms with Crippen LogP contribution in [0, 0.1) is 12.3 Å². The highest BCUT2D eigenvalue weighted by Crippen LogP contribution is 2.17. The Morgan fingerprint density at radius 2 is 1.00 bits per heavy atom. The number of ether oxygens (including phenoxy) is 3. The standard InChI is InChI=1S/C14H23O3/c1-5-8-15-11-14(4,12-16-9-6-2)13-17-10-7-3/h5-7H,1-4,8-13H2. The van der Waals surface area contributed by atoms with Crippen molar-refractivity contribution < 1.29 is 14.2 Å². The Kier molecular flexibility index (Phi) is 9.72. The Morgan fingerprint density at radius 1 is 0.706 bits per heavy atom. The van der Waals surface area contributed by atoms with Gasteiger partial charge in [-0.25, -0.2) is 0 Å². The zero-order chi connectivity index (χ0) is 13.0. The average Bonchev–Trinajstić information content (AvgIpc) is 2.30. The number of hydrogen-bond donors (Lipinski definition) is 0. The molecule has 0 heterocycles. The molecule has 0 atom stereocenters. The quantitative estimate of drug-likeness (QED) is 0.387. The summed E-state index contributed by atoms with van der Waals surface area (Å²) in [5.41, 5.74) is -0.408. The smallest absolute Gasteiger partial charge is 0.0645 e. The van der Waals surface area contributed by atoms with E-state index >= 15 is 0 Å². The molecule has 97 valence electrons. The Labute approximate surface area is 105 Å². The molecule has 0 aliphatic heterocycles. The van der Waals surface area contributed by atoms with E-state index in [0.717, 1.165) is 0 Å². The zero-order valence-corrected chi connectivity index (χ0v) is 10.5. The summed E-state index contributed by atoms with van der Waals surface area (Å²) in [6.07, 6.45) is 5.11. The van der Waals surface area contributed by atoms with Gasteiger partial charge in [0, 0.05) is 5.41 Å². The van der Waals surface area contributed by atoms with Gasteiger partial charge in [0.1, 0.15) is 0 Å². The molecular weight excluding hydrogens is 216 g/mol. The second-order valence-corrected chi connectivity index (χ2v) is 3.91. The van der Waals surface area contributed by atoms with Crippen LogP contribution in [0.2, 0.25) is 0 Å². The molecule has 0 bridgehead atoms. The van der Waals surface area contributed by atoms with Gasteiger partial charge in [0.2, 0.25) is 0 Å². The van der Waals surface area contributed by atoms with Crippen LogP contribution in [0.3, 0.4) is 0 Å². The summed E-state index contributed by atoms with van der Waals surface area (Å²) in [6, 6.07) is 0. The van der Waals surface area contributed by atoms with Gasteiger partial charge >= 0.3 is 0 Å². The summed E-state index contributed by atoms with van der Waals surface area (Å²) in [4.78, 5) is 0. The lowest BCUT2D eigenvalue weighted by Crippen LogP contribution is -2.34. The van der Waals surface area contributed by atoms with Crippen LogP contribution < -0.4 is 0 Å². The lowest BCUT2D eigenvalue weighted by molar-refractivity contribution is -0.0314. The SMILES string of the molecule is [CH2]C(COCC=C)(COCC=C)COCC=C. The topological polar surface area (TPSA) is 27.7 Å². The van der Waals surface area contributed by atoms with Gasteiger partial charge in [0.15, 0.2) is 0 Å². The van der Waals surface area contributed by atoms with E-state index in [1.54, 1.807) is 18.2 Å². The van der Waals surface area contributed by atoms with Crippen LogP contribution in [-0.2, 0) is 14.2 Å². The van der Waals surface area contributed by atoms with Crippen LogP contribution in [0.1, 0.15) is 0 Å². The summed E-state index contributed by atoms with van der Waals surface area (Å²) in [5, 5.41) is 0. The lowest BCUT2D eigenvalue weighted by atomic mass is 9.94. The largest absolute Gasteiger partial charge is 0.377 e. The van der Waals surface area contributed by atoms with Gasteiger partial charge in [0.05, 0.1) is 39.6 Å². The van der Waals surface area contributed by atoms with Crippen LogP contribution in [-0.4, -0.2) is 39.6 Å². The third-order valence-corrected chi connectivity index (χ3v) is 1.93. The summed E-state index contributed by atoms with van der Waals surface area (Å²) in [5.74, 6) is 0. The molecule has 0 fully saturated rings. The van der Waals surface area contributed by atoms with Crippen molar-refractivity contribution in [3.8, 4) is 0 Å². The third-order valence-electron chi connectivity index (χ3n) is 1.93. The molecule has 0 spiro atoms. The van der Waals surface area contributed by atoms with Crippen LogP contribution in [0.15, 0.2) is 38.0 Å². The van der Waals surface area contributed by atoms with Crippen molar-refractivity contribution in [1.82, 2.24) is 0 Å². The summed E-state index contributed by atoms with van der Waals surface area (Å²) in [6.45, 7) is 17.8. The normalized spacial score (nSPS) is 11.1. The van der Waals surface area contributed by atoms with E-state index in [1.807, 2.05) is 0 Å². The third kappa shape index (κ3) is 8.86. The molecule has 0 aromatic rings. The van der Waals surface area contributed by atoms with E-state index in [1.165, 1.54) is 0 Å². The molecule has 0 aliphatic carbocycles. The summed E-state index contributed by atoms with van der Waals surface area (Å²) >= 11 is 0. The Bertz CT molecular complexity index is 187.